The fourth-order valence-electron chi connectivity index (χ4n) is 1.95. The molecule has 0 radical (unpaired) electrons. The first kappa shape index (κ1) is 15.8. The van der Waals surface area contributed by atoms with Crippen LogP contribution in [-0.2, 0) is 5.75 Å². The van der Waals surface area contributed by atoms with Gasteiger partial charge in [-0.2, -0.15) is 0 Å². The van der Waals surface area contributed by atoms with E-state index in [0.29, 0.717) is 27.3 Å². The summed E-state index contributed by atoms with van der Waals surface area (Å²) in [7, 11) is 0. The van der Waals surface area contributed by atoms with Gasteiger partial charge in [-0.05, 0) is 38.0 Å². The highest BCUT2D eigenvalue weighted by atomic mass is 35.5. The number of aromatic carboxylic acids is 1. The Balaban J connectivity index is 2.29. The van der Waals surface area contributed by atoms with E-state index in [1.54, 1.807) is 13.8 Å². The Labute approximate surface area is 132 Å². The molecule has 21 heavy (non-hydrogen) atoms. The zero-order chi connectivity index (χ0) is 15.6. The van der Waals surface area contributed by atoms with Crippen LogP contribution in [0.25, 0.3) is 0 Å². The molecular formula is C15H15ClN2O2S. The van der Waals surface area contributed by atoms with Gasteiger partial charge in [-0.15, -0.1) is 11.8 Å². The van der Waals surface area contributed by atoms with Crippen molar-refractivity contribution in [3.05, 3.63) is 51.4 Å². The van der Waals surface area contributed by atoms with Crippen molar-refractivity contribution in [2.45, 2.75) is 31.6 Å². The van der Waals surface area contributed by atoms with Crippen LogP contribution in [0.15, 0.2) is 23.2 Å². The fourth-order valence-corrected chi connectivity index (χ4v) is 3.45. The summed E-state index contributed by atoms with van der Waals surface area (Å²) in [6.45, 7) is 5.41. The van der Waals surface area contributed by atoms with Crippen molar-refractivity contribution in [3.63, 3.8) is 0 Å². The molecule has 0 aliphatic heterocycles. The summed E-state index contributed by atoms with van der Waals surface area (Å²) < 4.78 is 0. The summed E-state index contributed by atoms with van der Waals surface area (Å²) in [4.78, 5) is 19.7. The van der Waals surface area contributed by atoms with Crippen molar-refractivity contribution >= 4 is 29.3 Å². The number of hydrogen-bond donors (Lipinski definition) is 1. The number of carboxylic acid groups (broad SMARTS) is 1. The van der Waals surface area contributed by atoms with E-state index in [4.69, 9.17) is 11.6 Å². The summed E-state index contributed by atoms with van der Waals surface area (Å²) in [6, 6.07) is 5.83. The Morgan fingerprint density at radius 3 is 2.62 bits per heavy atom. The molecule has 1 aromatic heterocycles. The Kier molecular flexibility index (Phi) is 4.85. The van der Waals surface area contributed by atoms with E-state index in [-0.39, 0.29) is 5.56 Å². The van der Waals surface area contributed by atoms with Crippen LogP contribution in [-0.4, -0.2) is 21.0 Å². The number of benzene rings is 1. The van der Waals surface area contributed by atoms with Gasteiger partial charge in [-0.1, -0.05) is 23.7 Å². The van der Waals surface area contributed by atoms with Gasteiger partial charge in [0, 0.05) is 10.8 Å². The van der Waals surface area contributed by atoms with Crippen LogP contribution < -0.4 is 0 Å². The lowest BCUT2D eigenvalue weighted by Crippen LogP contribution is -2.08. The minimum Gasteiger partial charge on any atom is -0.478 e. The van der Waals surface area contributed by atoms with Crippen molar-refractivity contribution in [1.82, 2.24) is 9.97 Å². The lowest BCUT2D eigenvalue weighted by atomic mass is 10.2. The number of rotatable bonds is 4. The fraction of sp³-hybridized carbons (Fsp3) is 0.267. The van der Waals surface area contributed by atoms with Crippen LogP contribution >= 0.6 is 23.4 Å². The van der Waals surface area contributed by atoms with Crippen molar-refractivity contribution in [2.75, 3.05) is 0 Å². The Morgan fingerprint density at radius 1 is 1.29 bits per heavy atom. The van der Waals surface area contributed by atoms with E-state index < -0.39 is 5.97 Å². The highest BCUT2D eigenvalue weighted by Gasteiger charge is 2.17. The van der Waals surface area contributed by atoms with Crippen molar-refractivity contribution < 1.29 is 9.90 Å². The third-order valence-electron chi connectivity index (χ3n) is 2.96. The molecule has 0 amide bonds. The standard InChI is InChI=1S/C15H15ClN2O2S/c1-8-4-5-11(12(16)6-8)7-21-14-13(15(19)20)9(2)17-10(3)18-14/h4-6H,7H2,1-3H3,(H,19,20). The Hall–Kier alpha value is -1.59. The molecule has 2 aromatic rings. The zero-order valence-electron chi connectivity index (χ0n) is 12.0. The number of carboxylic acids is 1. The molecule has 1 heterocycles. The van der Waals surface area contributed by atoms with Gasteiger partial charge < -0.3 is 5.11 Å². The summed E-state index contributed by atoms with van der Waals surface area (Å²) in [5, 5.41) is 10.5. The molecule has 0 saturated carbocycles. The number of aryl methyl sites for hydroxylation is 3. The van der Waals surface area contributed by atoms with E-state index in [1.165, 1.54) is 11.8 Å². The number of thioether (sulfide) groups is 1. The molecule has 0 atom stereocenters. The monoisotopic (exact) mass is 322 g/mol. The summed E-state index contributed by atoms with van der Waals surface area (Å²) in [5.74, 6) is 0.120. The first-order valence-electron chi connectivity index (χ1n) is 6.35. The number of aromatic nitrogens is 2. The second-order valence-corrected chi connectivity index (χ2v) is 6.10. The lowest BCUT2D eigenvalue weighted by molar-refractivity contribution is 0.0690. The van der Waals surface area contributed by atoms with Crippen LogP contribution in [0.2, 0.25) is 5.02 Å². The van der Waals surface area contributed by atoms with Crippen molar-refractivity contribution in [3.8, 4) is 0 Å². The largest absolute Gasteiger partial charge is 0.478 e. The molecule has 0 aliphatic carbocycles. The molecule has 0 unspecified atom stereocenters. The number of halogens is 1. The third kappa shape index (κ3) is 3.74. The SMILES string of the molecule is Cc1ccc(CSc2nc(C)nc(C)c2C(=O)O)c(Cl)c1. The molecule has 1 N–H and O–H groups in total. The summed E-state index contributed by atoms with van der Waals surface area (Å²) in [6.07, 6.45) is 0. The molecule has 1 aromatic carbocycles. The molecule has 0 saturated heterocycles. The molecule has 0 aliphatic rings. The zero-order valence-corrected chi connectivity index (χ0v) is 13.5. The highest BCUT2D eigenvalue weighted by molar-refractivity contribution is 7.98. The number of carbonyl (C=O) groups is 1. The van der Waals surface area contributed by atoms with Crippen LogP contribution in [0.1, 0.15) is 33.0 Å². The predicted octanol–water partition coefficient (Wildman–Crippen LogP) is 4.05. The average Bonchev–Trinajstić information content (AvgIpc) is 2.36. The average molecular weight is 323 g/mol. The molecule has 0 spiro atoms. The van der Waals surface area contributed by atoms with E-state index in [9.17, 15) is 9.90 Å². The van der Waals surface area contributed by atoms with E-state index >= 15 is 0 Å². The first-order chi connectivity index (χ1) is 9.88. The van der Waals surface area contributed by atoms with Crippen molar-refractivity contribution in [1.29, 1.82) is 0 Å². The predicted molar refractivity (Wildman–Crippen MR) is 84.2 cm³/mol. The van der Waals surface area contributed by atoms with Crippen LogP contribution in [0.5, 0.6) is 0 Å². The molecule has 4 nitrogen and oxygen atoms in total. The smallest absolute Gasteiger partial charge is 0.340 e. The Bertz CT molecular complexity index is 704. The van der Waals surface area contributed by atoms with Gasteiger partial charge in [0.15, 0.2) is 0 Å². The summed E-state index contributed by atoms with van der Waals surface area (Å²) in [5.41, 5.74) is 2.69. The molecule has 0 fully saturated rings. The maximum Gasteiger partial charge on any atom is 0.340 e. The normalized spacial score (nSPS) is 10.7. The molecule has 0 bridgehead atoms. The van der Waals surface area contributed by atoms with E-state index in [2.05, 4.69) is 9.97 Å². The quantitative estimate of drug-likeness (QED) is 0.679. The van der Waals surface area contributed by atoms with Gasteiger partial charge >= 0.3 is 5.97 Å². The maximum absolute atomic E-state index is 11.4. The second-order valence-electron chi connectivity index (χ2n) is 4.73. The van der Waals surface area contributed by atoms with Gasteiger partial charge in [0.25, 0.3) is 0 Å². The van der Waals surface area contributed by atoms with Crippen molar-refractivity contribution in [2.24, 2.45) is 0 Å². The van der Waals surface area contributed by atoms with Gasteiger partial charge in [0.1, 0.15) is 16.4 Å². The van der Waals surface area contributed by atoms with Crippen LogP contribution in [0.4, 0.5) is 0 Å². The van der Waals surface area contributed by atoms with Gasteiger partial charge in [-0.25, -0.2) is 14.8 Å². The van der Waals surface area contributed by atoms with Gasteiger partial charge in [0.2, 0.25) is 0 Å². The molecule has 110 valence electrons. The van der Waals surface area contributed by atoms with Gasteiger partial charge in [0.05, 0.1) is 5.69 Å². The van der Waals surface area contributed by atoms with Gasteiger partial charge in [-0.3, -0.25) is 0 Å². The van der Waals surface area contributed by atoms with E-state index in [0.717, 1.165) is 11.1 Å². The maximum atomic E-state index is 11.4. The van der Waals surface area contributed by atoms with E-state index in [1.807, 2.05) is 25.1 Å². The number of nitrogens with zero attached hydrogens (tertiary/aromatic N) is 2. The van der Waals surface area contributed by atoms with Crippen LogP contribution in [0, 0.1) is 20.8 Å². The van der Waals surface area contributed by atoms with Crippen LogP contribution in [0.3, 0.4) is 0 Å². The lowest BCUT2D eigenvalue weighted by Gasteiger charge is -2.09. The Morgan fingerprint density at radius 2 is 2.00 bits per heavy atom. The minimum absolute atomic E-state index is 0.161. The summed E-state index contributed by atoms with van der Waals surface area (Å²) >= 11 is 7.56. The highest BCUT2D eigenvalue weighted by Crippen LogP contribution is 2.29. The minimum atomic E-state index is -1.01. The molecule has 2 rings (SSSR count). The molecule has 6 heteroatoms. The first-order valence-corrected chi connectivity index (χ1v) is 7.71. The number of hydrogen-bond acceptors (Lipinski definition) is 4. The second kappa shape index (κ2) is 6.45. The molecular weight excluding hydrogens is 308 g/mol. The third-order valence-corrected chi connectivity index (χ3v) is 4.33. The topological polar surface area (TPSA) is 63.1 Å².